The molecule has 0 radical (unpaired) electrons. The number of hydrogen-bond donors (Lipinski definition) is 0. The highest BCUT2D eigenvalue weighted by molar-refractivity contribution is 5.76. The van der Waals surface area contributed by atoms with E-state index in [0.717, 1.165) is 23.9 Å². The van der Waals surface area contributed by atoms with Crippen molar-refractivity contribution in [3.05, 3.63) is 35.9 Å². The first-order chi connectivity index (χ1) is 7.22. The largest absolute Gasteiger partial charge is 0.311 e. The molecule has 2 aromatic rings. The Balaban J connectivity index is 2.56. The third kappa shape index (κ3) is 1.77. The molecule has 3 nitrogen and oxygen atoms in total. The second-order valence-corrected chi connectivity index (χ2v) is 4.10. The van der Waals surface area contributed by atoms with Gasteiger partial charge in [0.25, 0.3) is 0 Å². The molecule has 0 aliphatic rings. The Morgan fingerprint density at radius 2 is 2.27 bits per heavy atom. The van der Waals surface area contributed by atoms with Crippen molar-refractivity contribution < 1.29 is 4.79 Å². The maximum atomic E-state index is 10.8. The fourth-order valence-electron chi connectivity index (χ4n) is 1.76. The Kier molecular flexibility index (Phi) is 2.54. The van der Waals surface area contributed by atoms with Crippen LogP contribution < -0.4 is 0 Å². The minimum absolute atomic E-state index is 0.568. The SMILES string of the molecule is CC(C)Cc1nccn2c(C=O)ccc12. The molecule has 0 bridgehead atoms. The number of rotatable bonds is 3. The predicted molar refractivity (Wildman–Crippen MR) is 59.1 cm³/mol. The third-order valence-corrected chi connectivity index (χ3v) is 2.41. The Morgan fingerprint density at radius 3 is 2.93 bits per heavy atom. The average Bonchev–Trinajstić information content (AvgIpc) is 2.61. The van der Waals surface area contributed by atoms with Crippen LogP contribution in [0.5, 0.6) is 0 Å². The second-order valence-electron chi connectivity index (χ2n) is 4.10. The van der Waals surface area contributed by atoms with Crippen molar-refractivity contribution in [2.24, 2.45) is 5.92 Å². The second kappa shape index (κ2) is 3.85. The summed E-state index contributed by atoms with van der Waals surface area (Å²) in [7, 11) is 0. The summed E-state index contributed by atoms with van der Waals surface area (Å²) >= 11 is 0. The number of nitrogens with zero attached hydrogens (tertiary/aromatic N) is 2. The van der Waals surface area contributed by atoms with E-state index in [2.05, 4.69) is 18.8 Å². The summed E-state index contributed by atoms with van der Waals surface area (Å²) < 4.78 is 1.89. The van der Waals surface area contributed by atoms with Gasteiger partial charge in [0.15, 0.2) is 6.29 Å². The molecule has 78 valence electrons. The molecule has 0 spiro atoms. The highest BCUT2D eigenvalue weighted by Crippen LogP contribution is 2.15. The van der Waals surface area contributed by atoms with Crippen LogP contribution in [0.1, 0.15) is 30.0 Å². The van der Waals surface area contributed by atoms with Crippen LogP contribution in [0.15, 0.2) is 24.5 Å². The van der Waals surface area contributed by atoms with Gasteiger partial charge in [-0.2, -0.15) is 0 Å². The highest BCUT2D eigenvalue weighted by atomic mass is 16.1. The number of aldehydes is 1. The topological polar surface area (TPSA) is 34.4 Å². The molecule has 2 heterocycles. The lowest BCUT2D eigenvalue weighted by molar-refractivity contribution is 0.111. The third-order valence-electron chi connectivity index (χ3n) is 2.41. The van der Waals surface area contributed by atoms with Crippen molar-refractivity contribution in [1.82, 2.24) is 9.38 Å². The Labute approximate surface area is 88.8 Å². The summed E-state index contributed by atoms with van der Waals surface area (Å²) in [5.74, 6) is 0.568. The van der Waals surface area contributed by atoms with Crippen molar-refractivity contribution in [3.63, 3.8) is 0 Å². The van der Waals surface area contributed by atoms with Gasteiger partial charge in [0.05, 0.1) is 16.9 Å². The van der Waals surface area contributed by atoms with Gasteiger partial charge in [-0.25, -0.2) is 0 Å². The summed E-state index contributed by atoms with van der Waals surface area (Å²) in [6, 6.07) is 3.78. The van der Waals surface area contributed by atoms with Crippen LogP contribution in [0.4, 0.5) is 0 Å². The van der Waals surface area contributed by atoms with Gasteiger partial charge >= 0.3 is 0 Å². The molecule has 2 aromatic heterocycles. The van der Waals surface area contributed by atoms with E-state index in [9.17, 15) is 4.79 Å². The van der Waals surface area contributed by atoms with Crippen LogP contribution in [0.3, 0.4) is 0 Å². The zero-order valence-corrected chi connectivity index (χ0v) is 8.97. The smallest absolute Gasteiger partial charge is 0.166 e. The van der Waals surface area contributed by atoms with Gasteiger partial charge in [-0.1, -0.05) is 13.8 Å². The molecule has 0 amide bonds. The normalized spacial score (nSPS) is 11.1. The van der Waals surface area contributed by atoms with Crippen LogP contribution in [0.2, 0.25) is 0 Å². The first-order valence-electron chi connectivity index (χ1n) is 5.12. The Hall–Kier alpha value is -1.64. The first kappa shape index (κ1) is 9.90. The molecule has 0 aliphatic carbocycles. The molecular formula is C12H14N2O. The van der Waals surface area contributed by atoms with Crippen LogP contribution in [-0.4, -0.2) is 15.7 Å². The molecule has 0 aromatic carbocycles. The quantitative estimate of drug-likeness (QED) is 0.716. The summed E-state index contributed by atoms with van der Waals surface area (Å²) in [5.41, 5.74) is 2.77. The van der Waals surface area contributed by atoms with Crippen LogP contribution >= 0.6 is 0 Å². The lowest BCUT2D eigenvalue weighted by Crippen LogP contribution is -2.01. The van der Waals surface area contributed by atoms with Crippen molar-refractivity contribution in [2.75, 3.05) is 0 Å². The average molecular weight is 202 g/mol. The molecule has 0 unspecified atom stereocenters. The van der Waals surface area contributed by atoms with Crippen molar-refractivity contribution in [2.45, 2.75) is 20.3 Å². The minimum Gasteiger partial charge on any atom is -0.311 e. The number of aromatic nitrogens is 2. The highest BCUT2D eigenvalue weighted by Gasteiger charge is 2.07. The van der Waals surface area contributed by atoms with Gasteiger partial charge in [0, 0.05) is 12.4 Å². The van der Waals surface area contributed by atoms with E-state index >= 15 is 0 Å². The van der Waals surface area contributed by atoms with E-state index in [1.807, 2.05) is 22.7 Å². The van der Waals surface area contributed by atoms with Crippen LogP contribution in [0.25, 0.3) is 5.52 Å². The van der Waals surface area contributed by atoms with Gasteiger partial charge in [-0.05, 0) is 24.5 Å². The van der Waals surface area contributed by atoms with Crippen molar-refractivity contribution in [1.29, 1.82) is 0 Å². The maximum Gasteiger partial charge on any atom is 0.166 e. The molecule has 2 rings (SSSR count). The zero-order chi connectivity index (χ0) is 10.8. The van der Waals surface area contributed by atoms with E-state index in [1.54, 1.807) is 6.20 Å². The van der Waals surface area contributed by atoms with Gasteiger partial charge in [-0.3, -0.25) is 9.78 Å². The predicted octanol–water partition coefficient (Wildman–Crippen LogP) is 2.35. The number of fused-ring (bicyclic) bond motifs is 1. The summed E-state index contributed by atoms with van der Waals surface area (Å²) in [5, 5.41) is 0. The fourth-order valence-corrected chi connectivity index (χ4v) is 1.76. The Morgan fingerprint density at radius 1 is 1.47 bits per heavy atom. The van der Waals surface area contributed by atoms with E-state index in [0.29, 0.717) is 11.6 Å². The number of carbonyl (C=O) groups excluding carboxylic acids is 1. The van der Waals surface area contributed by atoms with E-state index in [-0.39, 0.29) is 0 Å². The van der Waals surface area contributed by atoms with Gasteiger partial charge in [0.2, 0.25) is 0 Å². The van der Waals surface area contributed by atoms with Gasteiger partial charge < -0.3 is 4.40 Å². The zero-order valence-electron chi connectivity index (χ0n) is 8.97. The number of hydrogen-bond acceptors (Lipinski definition) is 2. The Bertz CT molecular complexity index is 485. The van der Waals surface area contributed by atoms with Crippen molar-refractivity contribution >= 4 is 11.8 Å². The molecule has 0 N–H and O–H groups in total. The summed E-state index contributed by atoms with van der Waals surface area (Å²) in [6.45, 7) is 4.32. The molecule has 0 aliphatic heterocycles. The molecule has 0 saturated carbocycles. The standard InChI is InChI=1S/C12H14N2O/c1-9(2)7-11-12-4-3-10(8-15)14(12)6-5-13-11/h3-6,8-9H,7H2,1-2H3. The molecule has 0 atom stereocenters. The molecule has 0 fully saturated rings. The lowest BCUT2D eigenvalue weighted by atomic mass is 10.1. The van der Waals surface area contributed by atoms with Crippen molar-refractivity contribution in [3.8, 4) is 0 Å². The minimum atomic E-state index is 0.568. The maximum absolute atomic E-state index is 10.8. The summed E-state index contributed by atoms with van der Waals surface area (Å²) in [6.07, 6.45) is 5.37. The van der Waals surface area contributed by atoms with Gasteiger partial charge in [0.1, 0.15) is 0 Å². The monoisotopic (exact) mass is 202 g/mol. The summed E-state index contributed by atoms with van der Waals surface area (Å²) in [4.78, 5) is 15.1. The van der Waals surface area contributed by atoms with Crippen LogP contribution in [-0.2, 0) is 6.42 Å². The van der Waals surface area contributed by atoms with Gasteiger partial charge in [-0.15, -0.1) is 0 Å². The molecule has 0 saturated heterocycles. The number of carbonyl (C=O) groups is 1. The molecule has 15 heavy (non-hydrogen) atoms. The molecular weight excluding hydrogens is 188 g/mol. The first-order valence-corrected chi connectivity index (χ1v) is 5.12. The fraction of sp³-hybridized carbons (Fsp3) is 0.333. The van der Waals surface area contributed by atoms with E-state index in [4.69, 9.17) is 0 Å². The van der Waals surface area contributed by atoms with E-state index < -0.39 is 0 Å². The molecule has 3 heteroatoms. The van der Waals surface area contributed by atoms with Crippen LogP contribution in [0, 0.1) is 5.92 Å². The van der Waals surface area contributed by atoms with E-state index in [1.165, 1.54) is 0 Å². The lowest BCUT2D eigenvalue weighted by Gasteiger charge is -2.06.